The minimum Gasteiger partial charge on any atom is -0.418 e. The molecule has 1 atom stereocenters. The van der Waals surface area contributed by atoms with E-state index in [0.29, 0.717) is 13.2 Å². The predicted molar refractivity (Wildman–Crippen MR) is 82.5 cm³/mol. The van der Waals surface area contributed by atoms with Crippen molar-refractivity contribution in [2.45, 2.75) is 13.8 Å². The number of hydrogen-bond donors (Lipinski definition) is 0. The fourth-order valence-electron chi connectivity index (χ4n) is 1.52. The van der Waals surface area contributed by atoms with Gasteiger partial charge in [0, 0.05) is 13.2 Å². The summed E-state index contributed by atoms with van der Waals surface area (Å²) in [4.78, 5) is 2.24. The third-order valence-electron chi connectivity index (χ3n) is 3.20. The van der Waals surface area contributed by atoms with Crippen molar-refractivity contribution in [3.8, 4) is 0 Å². The van der Waals surface area contributed by atoms with E-state index in [-0.39, 0.29) is 0 Å². The van der Waals surface area contributed by atoms with Crippen LogP contribution < -0.4 is 0 Å². The first kappa shape index (κ1) is 23.9. The Morgan fingerprint density at radius 1 is 0.909 bits per heavy atom. The Labute approximate surface area is 132 Å². The van der Waals surface area contributed by atoms with E-state index in [4.69, 9.17) is 9.47 Å². The minimum atomic E-state index is -6.00. The van der Waals surface area contributed by atoms with Crippen molar-refractivity contribution >= 4 is 7.25 Å². The van der Waals surface area contributed by atoms with Crippen molar-refractivity contribution in [3.05, 3.63) is 0 Å². The maximum atomic E-state index is 9.75. The Hall–Kier alpha value is -0.375. The molecule has 0 saturated carbocycles. The SMILES string of the molecule is CCOCCOCC[N+](C)(CC)CCN(C)C.F[B-](F)(F)F. The summed E-state index contributed by atoms with van der Waals surface area (Å²) >= 11 is 0. The van der Waals surface area contributed by atoms with Crippen LogP contribution in [-0.2, 0) is 9.47 Å². The number of likely N-dealkylation sites (N-methyl/N-ethyl adjacent to an activating group) is 2. The van der Waals surface area contributed by atoms with E-state index in [0.717, 1.165) is 37.3 Å². The molecule has 0 fully saturated rings. The van der Waals surface area contributed by atoms with Gasteiger partial charge in [0.1, 0.15) is 6.54 Å². The maximum absolute atomic E-state index is 9.75. The average Bonchev–Trinajstić information content (AvgIpc) is 2.38. The molecule has 136 valence electrons. The largest absolute Gasteiger partial charge is 0.673 e. The van der Waals surface area contributed by atoms with E-state index in [1.165, 1.54) is 6.54 Å². The molecule has 0 bridgehead atoms. The molecule has 0 rings (SSSR count). The molecule has 4 nitrogen and oxygen atoms in total. The van der Waals surface area contributed by atoms with Crippen molar-refractivity contribution in [3.63, 3.8) is 0 Å². The number of ether oxygens (including phenoxy) is 2. The highest BCUT2D eigenvalue weighted by Gasteiger charge is 2.20. The van der Waals surface area contributed by atoms with E-state index in [1.54, 1.807) is 0 Å². The molecule has 0 heterocycles. The van der Waals surface area contributed by atoms with Crippen LogP contribution in [-0.4, -0.2) is 90.4 Å². The minimum absolute atomic E-state index is 0.712. The number of nitrogens with zero attached hydrogens (tertiary/aromatic N) is 2. The Morgan fingerprint density at radius 2 is 1.41 bits per heavy atom. The number of halogens is 4. The van der Waals surface area contributed by atoms with Crippen molar-refractivity contribution in [2.75, 3.05) is 73.7 Å². The molecular formula is C13H31BF4N2O2. The van der Waals surface area contributed by atoms with Gasteiger partial charge < -0.3 is 36.1 Å². The van der Waals surface area contributed by atoms with Crippen molar-refractivity contribution < 1.29 is 31.2 Å². The molecule has 0 aromatic heterocycles. The zero-order chi connectivity index (χ0) is 17.6. The first-order valence-electron chi connectivity index (χ1n) is 7.55. The first-order valence-corrected chi connectivity index (χ1v) is 7.55. The summed E-state index contributed by atoms with van der Waals surface area (Å²) in [6, 6.07) is 0. The summed E-state index contributed by atoms with van der Waals surface area (Å²) in [5, 5.41) is 0. The van der Waals surface area contributed by atoms with Gasteiger partial charge in [-0.3, -0.25) is 0 Å². The van der Waals surface area contributed by atoms with Crippen LogP contribution in [0.15, 0.2) is 0 Å². The smallest absolute Gasteiger partial charge is 0.418 e. The Kier molecular flexibility index (Phi) is 14.2. The molecule has 9 heteroatoms. The van der Waals surface area contributed by atoms with Crippen molar-refractivity contribution in [2.24, 2.45) is 0 Å². The lowest BCUT2D eigenvalue weighted by Crippen LogP contribution is -2.49. The quantitative estimate of drug-likeness (QED) is 0.251. The fraction of sp³-hybridized carbons (Fsp3) is 1.00. The monoisotopic (exact) mass is 334 g/mol. The zero-order valence-electron chi connectivity index (χ0n) is 14.5. The van der Waals surface area contributed by atoms with E-state index in [2.05, 4.69) is 33.0 Å². The van der Waals surface area contributed by atoms with Gasteiger partial charge in [-0.25, -0.2) is 0 Å². The van der Waals surface area contributed by atoms with Crippen molar-refractivity contribution in [1.29, 1.82) is 0 Å². The molecule has 0 N–H and O–H groups in total. The molecule has 0 spiro atoms. The zero-order valence-corrected chi connectivity index (χ0v) is 14.5. The summed E-state index contributed by atoms with van der Waals surface area (Å²) < 4.78 is 50.9. The van der Waals surface area contributed by atoms with Gasteiger partial charge in [-0.2, -0.15) is 0 Å². The molecule has 0 aromatic rings. The van der Waals surface area contributed by atoms with Crippen LogP contribution in [0.4, 0.5) is 17.3 Å². The second kappa shape index (κ2) is 13.1. The van der Waals surface area contributed by atoms with Crippen LogP contribution in [0.5, 0.6) is 0 Å². The average molecular weight is 334 g/mol. The van der Waals surface area contributed by atoms with Gasteiger partial charge in [0.25, 0.3) is 0 Å². The highest BCUT2D eigenvalue weighted by Crippen LogP contribution is 2.06. The molecule has 0 saturated heterocycles. The van der Waals surface area contributed by atoms with E-state index in [9.17, 15) is 17.3 Å². The highest BCUT2D eigenvalue weighted by atomic mass is 19.5. The Bertz CT molecular complexity index is 253. The lowest BCUT2D eigenvalue weighted by molar-refractivity contribution is -0.907. The molecule has 0 aliphatic carbocycles. The molecule has 0 aliphatic heterocycles. The van der Waals surface area contributed by atoms with E-state index in [1.807, 2.05) is 6.92 Å². The fourth-order valence-corrected chi connectivity index (χ4v) is 1.52. The van der Waals surface area contributed by atoms with E-state index >= 15 is 0 Å². The molecule has 0 aromatic carbocycles. The van der Waals surface area contributed by atoms with Gasteiger partial charge in [0.2, 0.25) is 0 Å². The lowest BCUT2D eigenvalue weighted by atomic mass is 10.3. The van der Waals surface area contributed by atoms with Crippen LogP contribution in [0.1, 0.15) is 13.8 Å². The summed E-state index contributed by atoms with van der Waals surface area (Å²) in [5.41, 5.74) is 0. The lowest BCUT2D eigenvalue weighted by Gasteiger charge is -2.34. The highest BCUT2D eigenvalue weighted by molar-refractivity contribution is 6.50. The molecular weight excluding hydrogens is 303 g/mol. The van der Waals surface area contributed by atoms with Crippen LogP contribution >= 0.6 is 0 Å². The first-order chi connectivity index (χ1) is 10.0. The second-order valence-electron chi connectivity index (χ2n) is 5.49. The molecule has 22 heavy (non-hydrogen) atoms. The Balaban J connectivity index is 0. The predicted octanol–water partition coefficient (Wildman–Crippen LogP) is 2.37. The van der Waals surface area contributed by atoms with Crippen LogP contribution in [0.3, 0.4) is 0 Å². The maximum Gasteiger partial charge on any atom is 0.673 e. The van der Waals surface area contributed by atoms with Crippen molar-refractivity contribution in [1.82, 2.24) is 4.90 Å². The summed E-state index contributed by atoms with van der Waals surface area (Å²) in [7, 11) is 0.548. The number of rotatable bonds is 11. The van der Waals surface area contributed by atoms with Gasteiger partial charge in [-0.1, -0.05) is 0 Å². The summed E-state index contributed by atoms with van der Waals surface area (Å²) in [6.07, 6.45) is 0. The normalized spacial score (nSPS) is 14.5. The van der Waals surface area contributed by atoms with Gasteiger partial charge in [0.15, 0.2) is 0 Å². The Morgan fingerprint density at radius 3 is 1.82 bits per heavy atom. The van der Waals surface area contributed by atoms with Crippen LogP contribution in [0.2, 0.25) is 0 Å². The number of quaternary nitrogens is 1. The van der Waals surface area contributed by atoms with Gasteiger partial charge in [0.05, 0.1) is 40.0 Å². The summed E-state index contributed by atoms with van der Waals surface area (Å²) in [6.45, 7) is 11.8. The van der Waals surface area contributed by atoms with Crippen LogP contribution in [0, 0.1) is 0 Å². The summed E-state index contributed by atoms with van der Waals surface area (Å²) in [5.74, 6) is 0. The van der Waals surface area contributed by atoms with Gasteiger partial charge in [-0.15, -0.1) is 0 Å². The van der Waals surface area contributed by atoms with Gasteiger partial charge in [-0.05, 0) is 27.9 Å². The second-order valence-corrected chi connectivity index (χ2v) is 5.49. The van der Waals surface area contributed by atoms with E-state index < -0.39 is 7.25 Å². The molecule has 0 aliphatic rings. The molecule has 0 radical (unpaired) electrons. The van der Waals surface area contributed by atoms with Gasteiger partial charge >= 0.3 is 7.25 Å². The topological polar surface area (TPSA) is 21.7 Å². The standard InChI is InChI=1S/C13H31N2O2.BF4/c1-6-15(5,9-8-14(3)4)10-11-17-13-12-16-7-2;2-1(3,4)5/h6-13H2,1-5H3;/q+1;-1. The van der Waals surface area contributed by atoms with Crippen LogP contribution in [0.25, 0.3) is 0 Å². The third kappa shape index (κ3) is 21.9. The number of hydrogen-bond acceptors (Lipinski definition) is 3. The molecule has 1 unspecified atom stereocenters. The third-order valence-corrected chi connectivity index (χ3v) is 3.20. The molecule has 0 amide bonds.